The maximum Gasteiger partial charge on any atom is 0.231 e. The maximum absolute atomic E-state index is 12.4. The molecule has 2 aromatic rings. The third-order valence-corrected chi connectivity index (χ3v) is 4.20. The molecule has 21 heavy (non-hydrogen) atoms. The van der Waals surface area contributed by atoms with Crippen LogP contribution in [0.3, 0.4) is 0 Å². The second-order valence-corrected chi connectivity index (χ2v) is 5.26. The van der Waals surface area contributed by atoms with Crippen molar-refractivity contribution in [3.05, 3.63) is 51.9 Å². The molecule has 1 aliphatic heterocycles. The Morgan fingerprint density at radius 3 is 2.76 bits per heavy atom. The quantitative estimate of drug-likeness (QED) is 0.736. The molecule has 0 fully saturated rings. The summed E-state index contributed by atoms with van der Waals surface area (Å²) in [5, 5.41) is 3.87. The van der Waals surface area contributed by atoms with Crippen molar-refractivity contribution in [1.82, 2.24) is 0 Å². The molecule has 1 heterocycles. The highest BCUT2D eigenvalue weighted by Crippen LogP contribution is 2.40. The van der Waals surface area contributed by atoms with Crippen molar-refractivity contribution in [1.29, 1.82) is 0 Å². The van der Waals surface area contributed by atoms with Gasteiger partial charge in [0.2, 0.25) is 6.79 Å². The Morgan fingerprint density at radius 2 is 1.81 bits per heavy atom. The van der Waals surface area contributed by atoms with Gasteiger partial charge in [-0.3, -0.25) is 4.79 Å². The number of ketones is 1. The number of carbonyl (C=O) groups is 1. The molecule has 0 aromatic heterocycles. The van der Waals surface area contributed by atoms with Gasteiger partial charge in [-0.25, -0.2) is 0 Å². The fraction of sp³-hybridized carbons (Fsp3) is 0.0556. The highest BCUT2D eigenvalue weighted by Gasteiger charge is 2.27. The molecule has 3 heteroatoms. The predicted molar refractivity (Wildman–Crippen MR) is 80.8 cm³/mol. The number of rotatable bonds is 0. The molecule has 3 nitrogen and oxygen atoms in total. The van der Waals surface area contributed by atoms with Crippen molar-refractivity contribution in [2.75, 3.05) is 6.79 Å². The monoisotopic (exact) mass is 274 g/mol. The van der Waals surface area contributed by atoms with Gasteiger partial charge in [-0.2, -0.15) is 0 Å². The first-order valence-electron chi connectivity index (χ1n) is 6.84. The van der Waals surface area contributed by atoms with E-state index in [1.807, 2.05) is 24.3 Å². The van der Waals surface area contributed by atoms with Crippen LogP contribution in [0.2, 0.25) is 0 Å². The van der Waals surface area contributed by atoms with Crippen LogP contribution in [-0.2, 0) is 0 Å². The van der Waals surface area contributed by atoms with E-state index < -0.39 is 0 Å². The minimum Gasteiger partial charge on any atom is -0.453 e. The van der Waals surface area contributed by atoms with E-state index in [9.17, 15) is 4.79 Å². The van der Waals surface area contributed by atoms with Crippen LogP contribution in [0.5, 0.6) is 11.5 Å². The van der Waals surface area contributed by atoms with Gasteiger partial charge in [-0.15, -0.1) is 0 Å². The minimum atomic E-state index is 0.0155. The number of benzene rings is 2. The molecule has 0 unspecified atom stereocenters. The Morgan fingerprint density at radius 1 is 0.952 bits per heavy atom. The number of ether oxygens (including phenoxy) is 2. The van der Waals surface area contributed by atoms with Gasteiger partial charge in [-0.05, 0) is 22.2 Å². The van der Waals surface area contributed by atoms with Crippen molar-refractivity contribution >= 4 is 34.8 Å². The summed E-state index contributed by atoms with van der Waals surface area (Å²) in [7, 11) is 0. The topological polar surface area (TPSA) is 35.5 Å². The molecule has 3 aliphatic rings. The molecular weight excluding hydrogens is 264 g/mol. The van der Waals surface area contributed by atoms with Crippen molar-refractivity contribution in [3.63, 3.8) is 0 Å². The molecule has 0 radical (unpaired) electrons. The highest BCUT2D eigenvalue weighted by atomic mass is 16.7. The third-order valence-electron chi connectivity index (χ3n) is 4.20. The fourth-order valence-electron chi connectivity index (χ4n) is 3.32. The molecule has 0 spiro atoms. The molecule has 2 aliphatic carbocycles. The average Bonchev–Trinajstić information content (AvgIpc) is 3.15. The van der Waals surface area contributed by atoms with Crippen LogP contribution in [0.25, 0.3) is 29.0 Å². The summed E-state index contributed by atoms with van der Waals surface area (Å²) in [6.45, 7) is 0.198. The van der Waals surface area contributed by atoms with Crippen molar-refractivity contribution < 1.29 is 14.3 Å². The summed E-state index contributed by atoms with van der Waals surface area (Å²) in [5.41, 5.74) is 1.80. The summed E-state index contributed by atoms with van der Waals surface area (Å²) in [6.07, 6.45) is 11.4. The third kappa shape index (κ3) is 1.26. The van der Waals surface area contributed by atoms with E-state index in [1.54, 1.807) is 12.2 Å². The van der Waals surface area contributed by atoms with Gasteiger partial charge < -0.3 is 9.47 Å². The van der Waals surface area contributed by atoms with Crippen LogP contribution in [0, 0.1) is 0 Å². The zero-order valence-corrected chi connectivity index (χ0v) is 11.1. The molecule has 0 saturated heterocycles. The van der Waals surface area contributed by atoms with Gasteiger partial charge in [0.25, 0.3) is 0 Å². The number of hydrogen-bond acceptors (Lipinski definition) is 3. The van der Waals surface area contributed by atoms with Crippen LogP contribution >= 0.6 is 0 Å². The summed E-state index contributed by atoms with van der Waals surface area (Å²) >= 11 is 0. The number of carbonyl (C=O) groups excluding carboxylic acids is 1. The van der Waals surface area contributed by atoms with E-state index in [0.29, 0.717) is 11.3 Å². The lowest BCUT2D eigenvalue weighted by atomic mass is 9.92. The standard InChI is InChI=1S/C18H10O3/c19-14-6-2-5-13-15(14)12-8-7-10-3-1-4-11(10)16(12)18-17(13)20-9-21-18/h1-8H,9H2. The van der Waals surface area contributed by atoms with Crippen molar-refractivity contribution in [3.8, 4) is 11.5 Å². The molecule has 2 aromatic carbocycles. The Balaban J connectivity index is 2.12. The van der Waals surface area contributed by atoms with Gasteiger partial charge in [-0.1, -0.05) is 42.5 Å². The second-order valence-electron chi connectivity index (χ2n) is 5.26. The van der Waals surface area contributed by atoms with Crippen LogP contribution in [0.1, 0.15) is 15.9 Å². The first kappa shape index (κ1) is 10.9. The predicted octanol–water partition coefficient (Wildman–Crippen LogP) is 1.91. The lowest BCUT2D eigenvalue weighted by Crippen LogP contribution is -2.19. The van der Waals surface area contributed by atoms with Crippen LogP contribution in [0.15, 0.2) is 30.4 Å². The fourth-order valence-corrected chi connectivity index (χ4v) is 3.32. The van der Waals surface area contributed by atoms with Gasteiger partial charge in [0.05, 0.1) is 0 Å². The first-order valence-corrected chi connectivity index (χ1v) is 6.84. The maximum atomic E-state index is 12.4. The van der Waals surface area contributed by atoms with Gasteiger partial charge in [0.15, 0.2) is 17.3 Å². The lowest BCUT2D eigenvalue weighted by Gasteiger charge is -2.13. The van der Waals surface area contributed by atoms with Crippen LogP contribution in [-0.4, -0.2) is 12.6 Å². The Hall–Kier alpha value is -2.81. The van der Waals surface area contributed by atoms with Crippen molar-refractivity contribution in [2.45, 2.75) is 0 Å². The largest absolute Gasteiger partial charge is 0.453 e. The zero-order chi connectivity index (χ0) is 14.0. The SMILES string of the molecule is O=C1C=CC=c2c3c(c4c5c(ccc4c21)=CC=C5)OCO3. The minimum absolute atomic E-state index is 0.0155. The molecule has 0 amide bonds. The van der Waals surface area contributed by atoms with E-state index in [4.69, 9.17) is 9.47 Å². The lowest BCUT2D eigenvalue weighted by molar-refractivity contribution is 0.104. The molecule has 0 saturated carbocycles. The summed E-state index contributed by atoms with van der Waals surface area (Å²) in [6, 6.07) is 4.05. The van der Waals surface area contributed by atoms with E-state index in [-0.39, 0.29) is 12.6 Å². The molecule has 0 N–H and O–H groups in total. The van der Waals surface area contributed by atoms with Gasteiger partial charge in [0, 0.05) is 16.2 Å². The molecular formula is C18H10O3. The Bertz CT molecular complexity index is 1020. The molecule has 0 bridgehead atoms. The second kappa shape index (κ2) is 3.64. The highest BCUT2D eigenvalue weighted by molar-refractivity contribution is 6.18. The van der Waals surface area contributed by atoms with E-state index in [0.717, 1.165) is 32.5 Å². The number of hydrogen-bond donors (Lipinski definition) is 0. The Labute approximate surface area is 120 Å². The smallest absolute Gasteiger partial charge is 0.231 e. The zero-order valence-electron chi connectivity index (χ0n) is 11.1. The van der Waals surface area contributed by atoms with Gasteiger partial charge in [0.1, 0.15) is 0 Å². The molecule has 5 rings (SSSR count). The summed E-state index contributed by atoms with van der Waals surface area (Å²) in [4.78, 5) is 12.4. The van der Waals surface area contributed by atoms with Crippen LogP contribution in [0.4, 0.5) is 0 Å². The van der Waals surface area contributed by atoms with Crippen molar-refractivity contribution in [2.24, 2.45) is 0 Å². The number of allylic oxidation sites excluding steroid dienone is 3. The number of fused-ring (bicyclic) bond motifs is 8. The molecule has 100 valence electrons. The summed E-state index contributed by atoms with van der Waals surface area (Å²) in [5.74, 6) is 1.45. The normalized spacial score (nSPS) is 16.7. The van der Waals surface area contributed by atoms with E-state index in [1.165, 1.54) is 0 Å². The van der Waals surface area contributed by atoms with Gasteiger partial charge >= 0.3 is 0 Å². The first-order chi connectivity index (χ1) is 10.3. The average molecular weight is 274 g/mol. The molecule has 0 atom stereocenters. The summed E-state index contributed by atoms with van der Waals surface area (Å²) < 4.78 is 11.4. The van der Waals surface area contributed by atoms with Crippen LogP contribution < -0.4 is 19.9 Å². The van der Waals surface area contributed by atoms with E-state index >= 15 is 0 Å². The van der Waals surface area contributed by atoms with E-state index in [2.05, 4.69) is 12.2 Å². The Kier molecular flexibility index (Phi) is 1.89.